The molecule has 0 saturated heterocycles. The van der Waals surface area contributed by atoms with Crippen molar-refractivity contribution < 1.29 is 5.11 Å². The summed E-state index contributed by atoms with van der Waals surface area (Å²) in [6.45, 7) is 4.71. The molecule has 2 rings (SSSR count). The van der Waals surface area contributed by atoms with Crippen molar-refractivity contribution in [2.45, 2.75) is 38.6 Å². The van der Waals surface area contributed by atoms with Gasteiger partial charge in [0.15, 0.2) is 0 Å². The van der Waals surface area contributed by atoms with Crippen molar-refractivity contribution in [3.05, 3.63) is 11.8 Å². The Kier molecular flexibility index (Phi) is 3.91. The topological polar surface area (TPSA) is 110 Å². The maximum Gasteiger partial charge on any atom is 0.222 e. The van der Waals surface area contributed by atoms with Crippen LogP contribution in [0.1, 0.15) is 38.3 Å². The van der Waals surface area contributed by atoms with E-state index in [9.17, 15) is 5.11 Å². The molecule has 0 bridgehead atoms. The second-order valence-corrected chi connectivity index (χ2v) is 6.14. The minimum absolute atomic E-state index is 0.116. The van der Waals surface area contributed by atoms with Crippen molar-refractivity contribution in [3.8, 4) is 0 Å². The minimum atomic E-state index is -0.196. The number of hydrogen-bond acceptors (Lipinski definition) is 6. The lowest BCUT2D eigenvalue weighted by Gasteiger charge is -2.32. The maximum absolute atomic E-state index is 9.23. The molecule has 6 N–H and O–H groups in total. The van der Waals surface area contributed by atoms with Gasteiger partial charge in [-0.05, 0) is 12.8 Å². The Morgan fingerprint density at radius 1 is 1.42 bits per heavy atom. The SMILES string of the molecule is CC(C)(CO)CNc1cc(C2CC(N)C2)nc(N)n1. The van der Waals surface area contributed by atoms with Gasteiger partial charge in [-0.15, -0.1) is 0 Å². The van der Waals surface area contributed by atoms with Gasteiger partial charge in [-0.25, -0.2) is 4.98 Å². The molecule has 1 saturated carbocycles. The molecule has 1 aromatic rings. The molecule has 0 unspecified atom stereocenters. The van der Waals surface area contributed by atoms with Crippen LogP contribution in [0.5, 0.6) is 0 Å². The number of nitrogen functional groups attached to an aromatic ring is 1. The third-order valence-corrected chi connectivity index (χ3v) is 3.53. The van der Waals surface area contributed by atoms with E-state index in [-0.39, 0.29) is 24.0 Å². The molecule has 19 heavy (non-hydrogen) atoms. The summed E-state index contributed by atoms with van der Waals surface area (Å²) in [5.41, 5.74) is 12.3. The van der Waals surface area contributed by atoms with Gasteiger partial charge in [-0.2, -0.15) is 4.98 Å². The van der Waals surface area contributed by atoms with Gasteiger partial charge >= 0.3 is 0 Å². The van der Waals surface area contributed by atoms with Crippen molar-refractivity contribution in [1.82, 2.24) is 9.97 Å². The third kappa shape index (κ3) is 3.54. The zero-order chi connectivity index (χ0) is 14.0. The van der Waals surface area contributed by atoms with E-state index in [0.29, 0.717) is 18.3 Å². The standard InChI is InChI=1S/C13H23N5O/c1-13(2,7-19)6-16-11-5-10(17-12(15)18-11)8-3-9(14)4-8/h5,8-9,19H,3-4,6-7,14H2,1-2H3,(H3,15,16,17,18). The number of aliphatic hydroxyl groups excluding tert-OH is 1. The van der Waals surface area contributed by atoms with Crippen molar-refractivity contribution in [3.63, 3.8) is 0 Å². The average Bonchev–Trinajstić information content (AvgIpc) is 2.32. The van der Waals surface area contributed by atoms with Crippen molar-refractivity contribution in [2.24, 2.45) is 11.1 Å². The normalized spacial score (nSPS) is 22.9. The molecular formula is C13H23N5O. The molecule has 1 aliphatic rings. The van der Waals surface area contributed by atoms with Gasteiger partial charge in [0.25, 0.3) is 0 Å². The summed E-state index contributed by atoms with van der Waals surface area (Å²) in [4.78, 5) is 8.45. The molecule has 0 aliphatic heterocycles. The number of nitrogens with zero attached hydrogens (tertiary/aromatic N) is 2. The molecule has 106 valence electrons. The van der Waals surface area contributed by atoms with Gasteiger partial charge in [0.2, 0.25) is 5.95 Å². The number of anilines is 2. The molecule has 6 heteroatoms. The van der Waals surface area contributed by atoms with Crippen LogP contribution < -0.4 is 16.8 Å². The lowest BCUT2D eigenvalue weighted by molar-refractivity contribution is 0.170. The fourth-order valence-electron chi connectivity index (χ4n) is 2.07. The molecule has 0 amide bonds. The van der Waals surface area contributed by atoms with Crippen LogP contribution in [0.15, 0.2) is 6.07 Å². The van der Waals surface area contributed by atoms with E-state index in [1.165, 1.54) is 0 Å². The number of aliphatic hydroxyl groups is 1. The van der Waals surface area contributed by atoms with Gasteiger partial charge in [0.1, 0.15) is 5.82 Å². The molecule has 1 aliphatic carbocycles. The van der Waals surface area contributed by atoms with E-state index in [4.69, 9.17) is 11.5 Å². The van der Waals surface area contributed by atoms with Crippen LogP contribution in [0.4, 0.5) is 11.8 Å². The third-order valence-electron chi connectivity index (χ3n) is 3.53. The fraction of sp³-hybridized carbons (Fsp3) is 0.692. The summed E-state index contributed by atoms with van der Waals surface area (Å²) < 4.78 is 0. The van der Waals surface area contributed by atoms with E-state index in [2.05, 4.69) is 15.3 Å². The molecule has 0 atom stereocenters. The molecular weight excluding hydrogens is 242 g/mol. The van der Waals surface area contributed by atoms with Gasteiger partial charge in [0.05, 0.1) is 5.69 Å². The molecule has 1 fully saturated rings. The Morgan fingerprint density at radius 3 is 2.68 bits per heavy atom. The highest BCUT2D eigenvalue weighted by molar-refractivity contribution is 5.42. The fourth-order valence-corrected chi connectivity index (χ4v) is 2.07. The summed E-state index contributed by atoms with van der Waals surface area (Å²) >= 11 is 0. The predicted molar refractivity (Wildman–Crippen MR) is 75.8 cm³/mol. The quantitative estimate of drug-likeness (QED) is 0.623. The lowest BCUT2D eigenvalue weighted by Crippen LogP contribution is -2.35. The Bertz CT molecular complexity index is 443. The minimum Gasteiger partial charge on any atom is -0.396 e. The summed E-state index contributed by atoms with van der Waals surface area (Å²) in [5.74, 6) is 1.39. The molecule has 0 radical (unpaired) electrons. The summed E-state index contributed by atoms with van der Waals surface area (Å²) in [5, 5.41) is 12.4. The van der Waals surface area contributed by atoms with E-state index in [1.807, 2.05) is 19.9 Å². The monoisotopic (exact) mass is 265 g/mol. The second-order valence-electron chi connectivity index (χ2n) is 6.14. The lowest BCUT2D eigenvalue weighted by atomic mass is 9.78. The van der Waals surface area contributed by atoms with E-state index in [0.717, 1.165) is 18.5 Å². The van der Waals surface area contributed by atoms with Crippen LogP contribution in [-0.2, 0) is 0 Å². The first kappa shape index (κ1) is 14.0. The zero-order valence-electron chi connectivity index (χ0n) is 11.6. The molecule has 6 nitrogen and oxygen atoms in total. The molecule has 0 aromatic carbocycles. The number of rotatable bonds is 5. The predicted octanol–water partition coefficient (Wildman–Crippen LogP) is 0.694. The van der Waals surface area contributed by atoms with Gasteiger partial charge in [-0.3, -0.25) is 0 Å². The first-order valence-corrected chi connectivity index (χ1v) is 6.64. The van der Waals surface area contributed by atoms with Crippen LogP contribution in [0.2, 0.25) is 0 Å². The molecule has 1 aromatic heterocycles. The van der Waals surface area contributed by atoms with Crippen LogP contribution in [-0.4, -0.2) is 34.3 Å². The van der Waals surface area contributed by atoms with Crippen LogP contribution >= 0.6 is 0 Å². The average molecular weight is 265 g/mol. The largest absolute Gasteiger partial charge is 0.396 e. The highest BCUT2D eigenvalue weighted by Gasteiger charge is 2.29. The summed E-state index contributed by atoms with van der Waals surface area (Å²) in [6.07, 6.45) is 1.91. The number of hydrogen-bond donors (Lipinski definition) is 4. The molecule has 1 heterocycles. The highest BCUT2D eigenvalue weighted by Crippen LogP contribution is 2.35. The number of nitrogens with two attached hydrogens (primary N) is 2. The van der Waals surface area contributed by atoms with Crippen molar-refractivity contribution in [1.29, 1.82) is 0 Å². The zero-order valence-corrected chi connectivity index (χ0v) is 11.6. The maximum atomic E-state index is 9.23. The second kappa shape index (κ2) is 5.30. The van der Waals surface area contributed by atoms with E-state index >= 15 is 0 Å². The van der Waals surface area contributed by atoms with Gasteiger partial charge in [-0.1, -0.05) is 13.8 Å². The Hall–Kier alpha value is -1.40. The molecule has 0 spiro atoms. The number of aromatic nitrogens is 2. The van der Waals surface area contributed by atoms with Crippen LogP contribution in [0, 0.1) is 5.41 Å². The Labute approximate surface area is 113 Å². The first-order chi connectivity index (χ1) is 8.89. The summed E-state index contributed by atoms with van der Waals surface area (Å²) in [7, 11) is 0. The highest BCUT2D eigenvalue weighted by atomic mass is 16.3. The number of nitrogens with one attached hydrogen (secondary N) is 1. The van der Waals surface area contributed by atoms with Gasteiger partial charge < -0.3 is 21.9 Å². The van der Waals surface area contributed by atoms with Crippen LogP contribution in [0.3, 0.4) is 0 Å². The van der Waals surface area contributed by atoms with Gasteiger partial charge in [0, 0.05) is 36.6 Å². The Balaban J connectivity index is 2.05. The van der Waals surface area contributed by atoms with Crippen molar-refractivity contribution in [2.75, 3.05) is 24.2 Å². The Morgan fingerprint density at radius 2 is 2.11 bits per heavy atom. The van der Waals surface area contributed by atoms with E-state index in [1.54, 1.807) is 0 Å². The summed E-state index contributed by atoms with van der Waals surface area (Å²) in [6, 6.07) is 2.21. The van der Waals surface area contributed by atoms with Crippen molar-refractivity contribution >= 4 is 11.8 Å². The van der Waals surface area contributed by atoms with Crippen LogP contribution in [0.25, 0.3) is 0 Å². The van der Waals surface area contributed by atoms with E-state index < -0.39 is 0 Å². The smallest absolute Gasteiger partial charge is 0.222 e. The first-order valence-electron chi connectivity index (χ1n) is 6.64.